The van der Waals surface area contributed by atoms with E-state index in [2.05, 4.69) is 12.0 Å². The van der Waals surface area contributed by atoms with E-state index < -0.39 is 14.3 Å². The van der Waals surface area contributed by atoms with Crippen LogP contribution in [0.3, 0.4) is 0 Å². The molecule has 1 aliphatic heterocycles. The summed E-state index contributed by atoms with van der Waals surface area (Å²) in [6.45, 7) is 6.82. The highest BCUT2D eigenvalue weighted by molar-refractivity contribution is 6.75. The van der Waals surface area contributed by atoms with Gasteiger partial charge in [0.25, 0.3) is 0 Å². The molecule has 3 nitrogen and oxygen atoms in total. The average molecular weight is 370 g/mol. The lowest BCUT2D eigenvalue weighted by Gasteiger charge is -2.42. The Balaban J connectivity index is 3.01. The van der Waals surface area contributed by atoms with Gasteiger partial charge in [-0.3, -0.25) is 5.01 Å². The van der Waals surface area contributed by atoms with Crippen molar-refractivity contribution >= 4 is 64.3 Å². The maximum absolute atomic E-state index is 6.34. The van der Waals surface area contributed by atoms with Gasteiger partial charge >= 0.3 is 0 Å². The van der Waals surface area contributed by atoms with E-state index in [9.17, 15) is 0 Å². The number of nitrogens with zero attached hydrogens (tertiary/aromatic N) is 3. The molecular formula is C11H18Cl5N3. The van der Waals surface area contributed by atoms with Gasteiger partial charge in [-0.15, -0.1) is 0 Å². The van der Waals surface area contributed by atoms with Gasteiger partial charge in [0, 0.05) is 12.6 Å². The quantitative estimate of drug-likeness (QED) is 0.658. The lowest BCUT2D eigenvalue weighted by molar-refractivity contribution is 0.0966. The molecule has 8 heteroatoms. The standard InChI is InChI=1S/C11H18Cl5N3/c1-4-5-6-19-9(10(12,13)11(14,15)16)18(7-17-19)8(2)3/h7-9H,4-6H2,1-3H3. The van der Waals surface area contributed by atoms with Crippen LogP contribution >= 0.6 is 58.0 Å². The summed E-state index contributed by atoms with van der Waals surface area (Å²) < 4.78 is -3.40. The van der Waals surface area contributed by atoms with Crippen molar-refractivity contribution in [3.8, 4) is 0 Å². The third kappa shape index (κ3) is 3.88. The highest BCUT2D eigenvalue weighted by atomic mass is 35.6. The number of rotatable bonds is 5. The minimum absolute atomic E-state index is 0.143. The van der Waals surface area contributed by atoms with Gasteiger partial charge in [0.05, 0.1) is 0 Å². The predicted octanol–water partition coefficient (Wildman–Crippen LogP) is 4.63. The van der Waals surface area contributed by atoms with Crippen LogP contribution in [0.15, 0.2) is 5.10 Å². The van der Waals surface area contributed by atoms with Crippen LogP contribution < -0.4 is 0 Å². The number of halogens is 5. The van der Waals surface area contributed by atoms with Crippen LogP contribution in [0.4, 0.5) is 0 Å². The van der Waals surface area contributed by atoms with Crippen molar-refractivity contribution in [2.45, 2.75) is 53.9 Å². The number of hydrazone groups is 1. The molecular weight excluding hydrogens is 351 g/mol. The van der Waals surface area contributed by atoms with Crippen molar-refractivity contribution in [3.05, 3.63) is 0 Å². The molecule has 0 saturated heterocycles. The summed E-state index contributed by atoms with van der Waals surface area (Å²) in [5.41, 5.74) is 0. The second kappa shape index (κ2) is 6.65. The number of alkyl halides is 5. The number of hydrogen-bond acceptors (Lipinski definition) is 3. The summed E-state index contributed by atoms with van der Waals surface area (Å²) in [6.07, 6.45) is 3.19. The monoisotopic (exact) mass is 367 g/mol. The molecule has 0 bridgehead atoms. The molecule has 1 unspecified atom stereocenters. The molecule has 1 aliphatic rings. The fourth-order valence-corrected chi connectivity index (χ4v) is 2.59. The van der Waals surface area contributed by atoms with Crippen molar-refractivity contribution < 1.29 is 0 Å². The van der Waals surface area contributed by atoms with Gasteiger partial charge in [-0.25, -0.2) is 0 Å². The molecule has 0 aromatic rings. The Morgan fingerprint density at radius 2 is 1.79 bits per heavy atom. The van der Waals surface area contributed by atoms with Crippen LogP contribution in [0.5, 0.6) is 0 Å². The van der Waals surface area contributed by atoms with Crippen LogP contribution in [-0.2, 0) is 0 Å². The molecule has 1 rings (SSSR count). The molecule has 0 radical (unpaired) electrons. The summed E-state index contributed by atoms with van der Waals surface area (Å²) >= 11 is 30.5. The topological polar surface area (TPSA) is 18.8 Å². The highest BCUT2D eigenvalue weighted by Gasteiger charge is 2.57. The Hall–Kier alpha value is 0.720. The van der Waals surface area contributed by atoms with E-state index in [4.69, 9.17) is 58.0 Å². The lowest BCUT2D eigenvalue weighted by Crippen LogP contribution is -2.58. The SMILES string of the molecule is CCCCN1N=CN(C(C)C)C1C(Cl)(Cl)C(Cl)(Cl)Cl. The molecule has 0 spiro atoms. The van der Waals surface area contributed by atoms with Crippen LogP contribution in [0.1, 0.15) is 33.6 Å². The van der Waals surface area contributed by atoms with E-state index in [-0.39, 0.29) is 6.04 Å². The van der Waals surface area contributed by atoms with Gasteiger partial charge in [0.15, 0.2) is 6.17 Å². The minimum atomic E-state index is -1.81. The first kappa shape index (κ1) is 17.8. The second-order valence-corrected chi connectivity index (χ2v) is 8.45. The molecule has 0 aliphatic carbocycles. The maximum Gasteiger partial charge on any atom is 0.227 e. The van der Waals surface area contributed by atoms with E-state index in [1.54, 1.807) is 11.3 Å². The number of hydrogen-bond donors (Lipinski definition) is 0. The fraction of sp³-hybridized carbons (Fsp3) is 0.909. The molecule has 0 amide bonds. The zero-order valence-corrected chi connectivity index (χ0v) is 14.9. The van der Waals surface area contributed by atoms with E-state index in [1.807, 2.05) is 18.7 Å². The third-order valence-electron chi connectivity index (χ3n) is 2.94. The fourth-order valence-electron chi connectivity index (χ4n) is 1.84. The Bertz CT molecular complexity index is 327. The molecule has 0 saturated carbocycles. The largest absolute Gasteiger partial charge is 0.334 e. The van der Waals surface area contributed by atoms with E-state index in [0.717, 1.165) is 12.8 Å². The van der Waals surface area contributed by atoms with Crippen LogP contribution in [0.2, 0.25) is 0 Å². The van der Waals surface area contributed by atoms with Gasteiger partial charge in [-0.1, -0.05) is 71.3 Å². The molecule has 1 heterocycles. The molecule has 0 N–H and O–H groups in total. The zero-order chi connectivity index (χ0) is 14.8. The van der Waals surface area contributed by atoms with Gasteiger partial charge in [-0.05, 0) is 20.3 Å². The predicted molar refractivity (Wildman–Crippen MR) is 85.6 cm³/mol. The van der Waals surface area contributed by atoms with Crippen molar-refractivity contribution in [1.29, 1.82) is 0 Å². The minimum Gasteiger partial charge on any atom is -0.334 e. The van der Waals surface area contributed by atoms with Gasteiger partial charge in [0.2, 0.25) is 8.13 Å². The van der Waals surface area contributed by atoms with Gasteiger partial charge < -0.3 is 4.90 Å². The molecule has 19 heavy (non-hydrogen) atoms. The first-order valence-electron chi connectivity index (χ1n) is 6.15. The van der Waals surface area contributed by atoms with Crippen LogP contribution in [0.25, 0.3) is 0 Å². The van der Waals surface area contributed by atoms with Crippen molar-refractivity contribution in [3.63, 3.8) is 0 Å². The molecule has 0 aromatic carbocycles. The smallest absolute Gasteiger partial charge is 0.227 e. The maximum atomic E-state index is 6.34. The first-order valence-corrected chi connectivity index (χ1v) is 8.04. The average Bonchev–Trinajstić information content (AvgIpc) is 2.68. The summed E-state index contributed by atoms with van der Waals surface area (Å²) in [7, 11) is 0. The Kier molecular flexibility index (Phi) is 6.22. The molecule has 112 valence electrons. The summed E-state index contributed by atoms with van der Waals surface area (Å²) in [5.74, 6) is 0. The van der Waals surface area contributed by atoms with E-state index in [1.165, 1.54) is 0 Å². The van der Waals surface area contributed by atoms with Crippen molar-refractivity contribution in [2.75, 3.05) is 6.54 Å². The summed E-state index contributed by atoms with van der Waals surface area (Å²) in [6, 6.07) is 0.143. The van der Waals surface area contributed by atoms with Gasteiger partial charge in [-0.2, -0.15) is 5.10 Å². The summed E-state index contributed by atoms with van der Waals surface area (Å²) in [5, 5.41) is 6.11. The Morgan fingerprint density at radius 1 is 1.21 bits per heavy atom. The Morgan fingerprint density at radius 3 is 2.21 bits per heavy atom. The number of unbranched alkanes of at least 4 members (excludes halogenated alkanes) is 1. The zero-order valence-electron chi connectivity index (χ0n) is 11.1. The van der Waals surface area contributed by atoms with Gasteiger partial charge in [0.1, 0.15) is 6.34 Å². The van der Waals surface area contributed by atoms with E-state index >= 15 is 0 Å². The third-order valence-corrected chi connectivity index (χ3v) is 5.37. The molecule has 1 atom stereocenters. The normalized spacial score (nSPS) is 20.8. The second-order valence-electron chi connectivity index (χ2n) is 4.78. The molecule has 0 aromatic heterocycles. The van der Waals surface area contributed by atoms with Crippen LogP contribution in [0, 0.1) is 0 Å². The highest BCUT2D eigenvalue weighted by Crippen LogP contribution is 2.51. The van der Waals surface area contributed by atoms with Crippen LogP contribution in [-0.4, -0.2) is 43.1 Å². The van der Waals surface area contributed by atoms with E-state index in [0.29, 0.717) is 6.54 Å². The molecule has 0 fully saturated rings. The van der Waals surface area contributed by atoms with Crippen molar-refractivity contribution in [2.24, 2.45) is 5.10 Å². The lowest BCUT2D eigenvalue weighted by atomic mass is 10.2. The summed E-state index contributed by atoms with van der Waals surface area (Å²) in [4.78, 5) is 1.90. The first-order chi connectivity index (χ1) is 8.63. The Labute approximate surface area is 139 Å². The van der Waals surface area contributed by atoms with Crippen molar-refractivity contribution in [1.82, 2.24) is 9.91 Å².